The highest BCUT2D eigenvalue weighted by Crippen LogP contribution is 2.19. The highest BCUT2D eigenvalue weighted by Gasteiger charge is 2.04. The van der Waals surface area contributed by atoms with Crippen molar-refractivity contribution in [2.75, 3.05) is 0 Å². The molecule has 2 aromatic rings. The van der Waals surface area contributed by atoms with E-state index in [2.05, 4.69) is 15.0 Å². The fourth-order valence-electron chi connectivity index (χ4n) is 1.39. The first-order valence-corrected chi connectivity index (χ1v) is 5.53. The van der Waals surface area contributed by atoms with Gasteiger partial charge in [-0.1, -0.05) is 18.5 Å². The first-order valence-electron chi connectivity index (χ1n) is 5.15. The summed E-state index contributed by atoms with van der Waals surface area (Å²) in [5.41, 5.74) is 2.77. The monoisotopic (exact) mass is 233 g/mol. The van der Waals surface area contributed by atoms with Gasteiger partial charge in [-0.05, 0) is 19.1 Å². The molecule has 0 aliphatic rings. The molecule has 0 saturated carbocycles. The lowest BCUT2D eigenvalue weighted by Crippen LogP contribution is -1.96. The van der Waals surface area contributed by atoms with E-state index in [1.807, 2.05) is 26.0 Å². The molecule has 0 amide bonds. The van der Waals surface area contributed by atoms with E-state index in [0.29, 0.717) is 5.15 Å². The van der Waals surface area contributed by atoms with E-state index in [0.717, 1.165) is 29.2 Å². The maximum atomic E-state index is 5.94. The number of pyridine rings is 1. The van der Waals surface area contributed by atoms with Crippen molar-refractivity contribution >= 4 is 11.6 Å². The zero-order valence-electron chi connectivity index (χ0n) is 9.24. The zero-order valence-corrected chi connectivity index (χ0v) is 9.99. The lowest BCUT2D eigenvalue weighted by atomic mass is 10.2. The molecule has 0 bridgehead atoms. The van der Waals surface area contributed by atoms with Crippen LogP contribution >= 0.6 is 11.6 Å². The van der Waals surface area contributed by atoms with Crippen LogP contribution in [0.2, 0.25) is 5.15 Å². The Bertz CT molecular complexity index is 494. The molecule has 0 aromatic carbocycles. The molecule has 0 radical (unpaired) electrons. The molecule has 2 aromatic heterocycles. The summed E-state index contributed by atoms with van der Waals surface area (Å²) in [4.78, 5) is 12.8. The van der Waals surface area contributed by atoms with Crippen LogP contribution in [0.25, 0.3) is 11.3 Å². The Kier molecular flexibility index (Phi) is 3.15. The molecule has 2 rings (SSSR count). The third-order valence-corrected chi connectivity index (χ3v) is 2.46. The third-order valence-electron chi connectivity index (χ3n) is 2.26. The molecule has 4 heteroatoms. The second-order valence-electron chi connectivity index (χ2n) is 3.53. The van der Waals surface area contributed by atoms with Gasteiger partial charge in [0.05, 0.1) is 5.69 Å². The van der Waals surface area contributed by atoms with E-state index >= 15 is 0 Å². The van der Waals surface area contributed by atoms with Crippen LogP contribution in [0.4, 0.5) is 0 Å². The van der Waals surface area contributed by atoms with Crippen molar-refractivity contribution in [3.05, 3.63) is 41.1 Å². The smallest absolute Gasteiger partial charge is 0.133 e. The van der Waals surface area contributed by atoms with Gasteiger partial charge in [-0.3, -0.25) is 4.98 Å². The van der Waals surface area contributed by atoms with Crippen molar-refractivity contribution < 1.29 is 0 Å². The normalized spacial score (nSPS) is 10.4. The molecule has 0 atom stereocenters. The molecule has 0 N–H and O–H groups in total. The van der Waals surface area contributed by atoms with Crippen LogP contribution in [0, 0.1) is 6.92 Å². The van der Waals surface area contributed by atoms with E-state index < -0.39 is 0 Å². The molecular weight excluding hydrogens is 222 g/mol. The minimum Gasteiger partial charge on any atom is -0.261 e. The topological polar surface area (TPSA) is 38.7 Å². The third kappa shape index (κ3) is 2.36. The first-order chi connectivity index (χ1) is 7.69. The minimum absolute atomic E-state index is 0.474. The van der Waals surface area contributed by atoms with Crippen molar-refractivity contribution in [1.29, 1.82) is 0 Å². The Hall–Kier alpha value is -1.48. The van der Waals surface area contributed by atoms with E-state index in [1.54, 1.807) is 12.3 Å². The van der Waals surface area contributed by atoms with Gasteiger partial charge < -0.3 is 0 Å². The second-order valence-corrected chi connectivity index (χ2v) is 3.92. The summed E-state index contributed by atoms with van der Waals surface area (Å²) < 4.78 is 0. The molecule has 82 valence electrons. The van der Waals surface area contributed by atoms with Gasteiger partial charge in [0.1, 0.15) is 11.0 Å². The molecule has 0 aliphatic heterocycles. The second kappa shape index (κ2) is 4.58. The lowest BCUT2D eigenvalue weighted by Gasteiger charge is -2.03. The van der Waals surface area contributed by atoms with Crippen molar-refractivity contribution in [3.63, 3.8) is 0 Å². The molecule has 0 aliphatic carbocycles. The molecule has 0 spiro atoms. The number of rotatable bonds is 2. The maximum absolute atomic E-state index is 5.94. The standard InChI is InChI=1S/C12H12ClN3/c1-3-12-15-10(6-11(13)16-12)9-5-4-8(2)14-7-9/h4-7H,3H2,1-2H3. The molecule has 2 heterocycles. The predicted octanol–water partition coefficient (Wildman–Crippen LogP) is 3.06. The Morgan fingerprint density at radius 2 is 2.06 bits per heavy atom. The van der Waals surface area contributed by atoms with Gasteiger partial charge in [-0.25, -0.2) is 9.97 Å². The average Bonchev–Trinajstić information content (AvgIpc) is 2.29. The quantitative estimate of drug-likeness (QED) is 0.749. The van der Waals surface area contributed by atoms with Gasteiger partial charge in [-0.15, -0.1) is 0 Å². The Morgan fingerprint density at radius 3 is 2.69 bits per heavy atom. The number of aromatic nitrogens is 3. The van der Waals surface area contributed by atoms with Gasteiger partial charge >= 0.3 is 0 Å². The molecule has 16 heavy (non-hydrogen) atoms. The first kappa shape index (κ1) is 11.0. The van der Waals surface area contributed by atoms with Crippen LogP contribution in [0.3, 0.4) is 0 Å². The van der Waals surface area contributed by atoms with Gasteiger partial charge in [0.25, 0.3) is 0 Å². The van der Waals surface area contributed by atoms with Crippen LogP contribution in [0.5, 0.6) is 0 Å². The van der Waals surface area contributed by atoms with Gasteiger partial charge in [-0.2, -0.15) is 0 Å². The fourth-order valence-corrected chi connectivity index (χ4v) is 1.59. The summed E-state index contributed by atoms with van der Waals surface area (Å²) in [5, 5.41) is 0.474. The Labute approximate surface area is 99.5 Å². The van der Waals surface area contributed by atoms with Crippen molar-refractivity contribution in [2.45, 2.75) is 20.3 Å². The van der Waals surface area contributed by atoms with E-state index in [-0.39, 0.29) is 0 Å². The number of halogens is 1. The van der Waals surface area contributed by atoms with E-state index in [4.69, 9.17) is 11.6 Å². The summed E-state index contributed by atoms with van der Waals surface area (Å²) in [6.45, 7) is 3.96. The maximum Gasteiger partial charge on any atom is 0.133 e. The lowest BCUT2D eigenvalue weighted by molar-refractivity contribution is 0.943. The average molecular weight is 234 g/mol. The fraction of sp³-hybridized carbons (Fsp3) is 0.250. The molecule has 0 saturated heterocycles. The largest absolute Gasteiger partial charge is 0.261 e. The molecule has 0 fully saturated rings. The number of hydrogen-bond donors (Lipinski definition) is 0. The Morgan fingerprint density at radius 1 is 1.25 bits per heavy atom. The van der Waals surface area contributed by atoms with Crippen molar-refractivity contribution in [1.82, 2.24) is 15.0 Å². The van der Waals surface area contributed by atoms with Gasteiger partial charge in [0.15, 0.2) is 0 Å². The molecular formula is C12H12ClN3. The summed E-state index contributed by atoms with van der Waals surface area (Å²) in [7, 11) is 0. The van der Waals surface area contributed by atoms with Crippen LogP contribution in [0.1, 0.15) is 18.4 Å². The number of aryl methyl sites for hydroxylation is 2. The highest BCUT2D eigenvalue weighted by atomic mass is 35.5. The highest BCUT2D eigenvalue weighted by molar-refractivity contribution is 6.29. The summed E-state index contributed by atoms with van der Waals surface area (Å²) in [6.07, 6.45) is 2.57. The predicted molar refractivity (Wildman–Crippen MR) is 64.4 cm³/mol. The van der Waals surface area contributed by atoms with E-state index in [1.165, 1.54) is 0 Å². The summed E-state index contributed by atoms with van der Waals surface area (Å²) in [5.74, 6) is 0.753. The van der Waals surface area contributed by atoms with Crippen LogP contribution < -0.4 is 0 Å². The number of hydrogen-bond acceptors (Lipinski definition) is 3. The zero-order chi connectivity index (χ0) is 11.5. The van der Waals surface area contributed by atoms with Crippen LogP contribution in [0.15, 0.2) is 24.4 Å². The van der Waals surface area contributed by atoms with E-state index in [9.17, 15) is 0 Å². The minimum atomic E-state index is 0.474. The summed E-state index contributed by atoms with van der Waals surface area (Å²) >= 11 is 5.94. The SMILES string of the molecule is CCc1nc(Cl)cc(-c2ccc(C)nc2)n1. The summed E-state index contributed by atoms with van der Waals surface area (Å²) in [6, 6.07) is 5.70. The van der Waals surface area contributed by atoms with Gasteiger partial charge in [0.2, 0.25) is 0 Å². The van der Waals surface area contributed by atoms with Gasteiger partial charge in [0, 0.05) is 29.9 Å². The Balaban J connectivity index is 2.47. The van der Waals surface area contributed by atoms with Crippen LogP contribution in [-0.2, 0) is 6.42 Å². The van der Waals surface area contributed by atoms with Crippen molar-refractivity contribution in [2.24, 2.45) is 0 Å². The molecule has 3 nitrogen and oxygen atoms in total. The van der Waals surface area contributed by atoms with Crippen LogP contribution in [-0.4, -0.2) is 15.0 Å². The van der Waals surface area contributed by atoms with Crippen molar-refractivity contribution in [3.8, 4) is 11.3 Å². The molecule has 0 unspecified atom stereocenters. The number of nitrogens with zero attached hydrogens (tertiary/aromatic N) is 3.